The zero-order valence-electron chi connectivity index (χ0n) is 12.0. The van der Waals surface area contributed by atoms with Crippen molar-refractivity contribution in [3.63, 3.8) is 0 Å². The molecule has 0 bridgehead atoms. The lowest BCUT2D eigenvalue weighted by Gasteiger charge is -2.24. The first-order valence-electron chi connectivity index (χ1n) is 6.52. The van der Waals surface area contributed by atoms with Gasteiger partial charge in [-0.15, -0.1) is 0 Å². The van der Waals surface area contributed by atoms with Crippen LogP contribution < -0.4 is 5.73 Å². The molecule has 0 spiro atoms. The second kappa shape index (κ2) is 7.09. The Morgan fingerprint density at radius 3 is 2.79 bits per heavy atom. The van der Waals surface area contributed by atoms with Crippen molar-refractivity contribution in [3.8, 4) is 0 Å². The summed E-state index contributed by atoms with van der Waals surface area (Å²) in [5.41, 5.74) is 6.47. The van der Waals surface area contributed by atoms with Crippen LogP contribution in [0, 0.1) is 5.41 Å². The Bertz CT molecular complexity index is 403. The van der Waals surface area contributed by atoms with Gasteiger partial charge in [0.15, 0.2) is 0 Å². The van der Waals surface area contributed by atoms with E-state index in [1.165, 1.54) is 0 Å². The van der Waals surface area contributed by atoms with Gasteiger partial charge in [0.1, 0.15) is 5.84 Å². The summed E-state index contributed by atoms with van der Waals surface area (Å²) in [4.78, 5) is 6.53. The van der Waals surface area contributed by atoms with Crippen molar-refractivity contribution in [1.82, 2.24) is 9.88 Å². The van der Waals surface area contributed by atoms with Crippen molar-refractivity contribution >= 4 is 5.84 Å². The fraction of sp³-hybridized carbons (Fsp3) is 0.571. The van der Waals surface area contributed by atoms with E-state index in [9.17, 15) is 0 Å². The zero-order valence-corrected chi connectivity index (χ0v) is 12.0. The standard InChI is InChI=1S/C14H24N4O/c1-14(2,13(15)17-19)8-6-10-18(3)11-12-7-4-5-9-16-12/h4-5,7,9,19H,6,8,10-11H2,1-3H3,(H2,15,17). The van der Waals surface area contributed by atoms with Gasteiger partial charge in [0.25, 0.3) is 0 Å². The molecule has 106 valence electrons. The number of oxime groups is 1. The van der Waals surface area contributed by atoms with E-state index < -0.39 is 0 Å². The van der Waals surface area contributed by atoms with E-state index in [1.54, 1.807) is 0 Å². The van der Waals surface area contributed by atoms with Crippen molar-refractivity contribution in [2.45, 2.75) is 33.2 Å². The third-order valence-corrected chi connectivity index (χ3v) is 3.30. The number of nitrogens with two attached hydrogens (primary N) is 1. The van der Waals surface area contributed by atoms with Crippen LogP contribution in [0.3, 0.4) is 0 Å². The van der Waals surface area contributed by atoms with Crippen LogP contribution in [0.15, 0.2) is 29.6 Å². The highest BCUT2D eigenvalue weighted by atomic mass is 16.4. The number of hydrogen-bond acceptors (Lipinski definition) is 4. The van der Waals surface area contributed by atoms with Crippen molar-refractivity contribution in [1.29, 1.82) is 0 Å². The summed E-state index contributed by atoms with van der Waals surface area (Å²) in [5, 5.41) is 11.8. The summed E-state index contributed by atoms with van der Waals surface area (Å²) in [6, 6.07) is 5.94. The lowest BCUT2D eigenvalue weighted by molar-refractivity contribution is 0.286. The number of aromatic nitrogens is 1. The average Bonchev–Trinajstić information content (AvgIpc) is 2.38. The Labute approximate surface area is 115 Å². The summed E-state index contributed by atoms with van der Waals surface area (Å²) in [6.45, 7) is 5.77. The summed E-state index contributed by atoms with van der Waals surface area (Å²) in [7, 11) is 2.07. The monoisotopic (exact) mass is 264 g/mol. The second-order valence-corrected chi connectivity index (χ2v) is 5.53. The van der Waals surface area contributed by atoms with E-state index >= 15 is 0 Å². The quantitative estimate of drug-likeness (QED) is 0.342. The molecule has 3 N–H and O–H groups in total. The molecule has 19 heavy (non-hydrogen) atoms. The molecule has 0 fully saturated rings. The highest BCUT2D eigenvalue weighted by Gasteiger charge is 2.23. The van der Waals surface area contributed by atoms with E-state index in [-0.39, 0.29) is 5.41 Å². The third kappa shape index (κ3) is 5.26. The SMILES string of the molecule is CN(CCCC(C)(C)C(N)=NO)Cc1ccccn1. The van der Waals surface area contributed by atoms with Crippen LogP contribution in [0.5, 0.6) is 0 Å². The van der Waals surface area contributed by atoms with Gasteiger partial charge in [-0.2, -0.15) is 0 Å². The van der Waals surface area contributed by atoms with Crippen molar-refractivity contribution in [3.05, 3.63) is 30.1 Å². The summed E-state index contributed by atoms with van der Waals surface area (Å²) < 4.78 is 0. The molecule has 0 aliphatic rings. The van der Waals surface area contributed by atoms with Crippen LogP contribution >= 0.6 is 0 Å². The molecule has 0 saturated heterocycles. The van der Waals surface area contributed by atoms with Gasteiger partial charge in [-0.25, -0.2) is 0 Å². The lowest BCUT2D eigenvalue weighted by atomic mass is 9.86. The highest BCUT2D eigenvalue weighted by molar-refractivity contribution is 5.85. The fourth-order valence-electron chi connectivity index (χ4n) is 1.90. The molecule has 0 amide bonds. The molecule has 0 saturated carbocycles. The normalized spacial score (nSPS) is 12.9. The van der Waals surface area contributed by atoms with Gasteiger partial charge in [0, 0.05) is 18.2 Å². The van der Waals surface area contributed by atoms with Crippen LogP contribution in [-0.2, 0) is 6.54 Å². The highest BCUT2D eigenvalue weighted by Crippen LogP contribution is 2.22. The Morgan fingerprint density at radius 1 is 1.47 bits per heavy atom. The molecule has 0 aliphatic heterocycles. The molecular formula is C14H24N4O. The molecular weight excluding hydrogens is 240 g/mol. The first kappa shape index (κ1) is 15.4. The predicted molar refractivity (Wildman–Crippen MR) is 77.0 cm³/mol. The van der Waals surface area contributed by atoms with Crippen molar-refractivity contribution in [2.24, 2.45) is 16.3 Å². The first-order valence-corrected chi connectivity index (χ1v) is 6.52. The number of nitrogens with zero attached hydrogens (tertiary/aromatic N) is 3. The molecule has 1 aromatic heterocycles. The topological polar surface area (TPSA) is 74.7 Å². The Hall–Kier alpha value is -1.62. The van der Waals surface area contributed by atoms with E-state index in [0.717, 1.165) is 31.6 Å². The van der Waals surface area contributed by atoms with Gasteiger partial charge in [-0.05, 0) is 38.6 Å². The molecule has 0 aromatic carbocycles. The largest absolute Gasteiger partial charge is 0.409 e. The van der Waals surface area contributed by atoms with Crippen LogP contribution in [-0.4, -0.2) is 34.5 Å². The zero-order chi connectivity index (χ0) is 14.3. The fourth-order valence-corrected chi connectivity index (χ4v) is 1.90. The molecule has 5 heteroatoms. The van der Waals surface area contributed by atoms with Crippen molar-refractivity contribution in [2.75, 3.05) is 13.6 Å². The summed E-state index contributed by atoms with van der Waals surface area (Å²) >= 11 is 0. The van der Waals surface area contributed by atoms with Gasteiger partial charge >= 0.3 is 0 Å². The first-order chi connectivity index (χ1) is 8.95. The maximum atomic E-state index is 8.72. The lowest BCUT2D eigenvalue weighted by Crippen LogP contribution is -2.32. The van der Waals surface area contributed by atoms with Crippen LogP contribution in [0.1, 0.15) is 32.4 Å². The molecule has 0 aliphatic carbocycles. The molecule has 0 unspecified atom stereocenters. The van der Waals surface area contributed by atoms with Crippen LogP contribution in [0.4, 0.5) is 0 Å². The number of rotatable bonds is 7. The molecule has 1 aromatic rings. The number of pyridine rings is 1. The number of hydrogen-bond donors (Lipinski definition) is 2. The second-order valence-electron chi connectivity index (χ2n) is 5.53. The number of amidine groups is 1. The predicted octanol–water partition coefficient (Wildman–Crippen LogP) is 2.07. The minimum absolute atomic E-state index is 0.263. The van der Waals surface area contributed by atoms with E-state index in [4.69, 9.17) is 10.9 Å². The van der Waals surface area contributed by atoms with E-state index in [1.807, 2.05) is 38.2 Å². The van der Waals surface area contributed by atoms with Gasteiger partial charge in [-0.3, -0.25) is 4.98 Å². The minimum Gasteiger partial charge on any atom is -0.409 e. The van der Waals surface area contributed by atoms with Crippen LogP contribution in [0.2, 0.25) is 0 Å². The molecule has 0 radical (unpaired) electrons. The van der Waals surface area contributed by atoms with Crippen molar-refractivity contribution < 1.29 is 5.21 Å². The maximum Gasteiger partial charge on any atom is 0.144 e. The molecule has 1 rings (SSSR count). The summed E-state index contributed by atoms with van der Waals surface area (Å²) in [6.07, 6.45) is 3.69. The minimum atomic E-state index is -0.263. The van der Waals surface area contributed by atoms with Gasteiger partial charge in [0.2, 0.25) is 0 Å². The van der Waals surface area contributed by atoms with E-state index in [0.29, 0.717) is 5.84 Å². The molecule has 5 nitrogen and oxygen atoms in total. The summed E-state index contributed by atoms with van der Waals surface area (Å²) in [5.74, 6) is 0.292. The average molecular weight is 264 g/mol. The van der Waals surface area contributed by atoms with E-state index in [2.05, 4.69) is 22.1 Å². The van der Waals surface area contributed by atoms with Gasteiger partial charge in [-0.1, -0.05) is 25.1 Å². The van der Waals surface area contributed by atoms with Gasteiger partial charge < -0.3 is 15.8 Å². The maximum absolute atomic E-state index is 8.72. The molecule has 0 atom stereocenters. The van der Waals surface area contributed by atoms with Crippen LogP contribution in [0.25, 0.3) is 0 Å². The molecule has 1 heterocycles. The Morgan fingerprint density at radius 2 is 2.21 bits per heavy atom. The Kier molecular flexibility index (Phi) is 5.76. The smallest absolute Gasteiger partial charge is 0.144 e. The third-order valence-electron chi connectivity index (χ3n) is 3.30. The Balaban J connectivity index is 2.33. The van der Waals surface area contributed by atoms with Gasteiger partial charge in [0.05, 0.1) is 5.69 Å².